The fourth-order valence-electron chi connectivity index (χ4n) is 2.14. The van der Waals surface area contributed by atoms with Gasteiger partial charge in [-0.25, -0.2) is 9.79 Å². The van der Waals surface area contributed by atoms with Gasteiger partial charge >= 0.3 is 5.97 Å². The van der Waals surface area contributed by atoms with Crippen molar-refractivity contribution in [2.75, 3.05) is 21.2 Å². The fraction of sp³-hybridized carbons (Fsp3) is 0.353. The first-order valence-electron chi connectivity index (χ1n) is 7.60. The summed E-state index contributed by atoms with van der Waals surface area (Å²) in [7, 11) is 4.89. The molecule has 1 rings (SSSR count). The van der Waals surface area contributed by atoms with Gasteiger partial charge in [0.05, 0.1) is 18.4 Å². The zero-order valence-electron chi connectivity index (χ0n) is 14.5. The molecule has 0 atom stereocenters. The van der Waals surface area contributed by atoms with Crippen LogP contribution >= 0.6 is 0 Å². The van der Waals surface area contributed by atoms with Gasteiger partial charge in [-0.15, -0.1) is 0 Å². The van der Waals surface area contributed by atoms with E-state index < -0.39 is 5.97 Å². The van der Waals surface area contributed by atoms with Crippen LogP contribution in [0.15, 0.2) is 52.1 Å². The first-order valence-corrected chi connectivity index (χ1v) is 7.60. The second-order valence-corrected chi connectivity index (χ2v) is 5.04. The Kier molecular flexibility index (Phi) is 7.48. The molecule has 0 bridgehead atoms. The molecule has 0 amide bonds. The lowest BCUT2D eigenvalue weighted by Crippen LogP contribution is -2.28. The largest absolute Gasteiger partial charge is 0.479 e. The van der Waals surface area contributed by atoms with Crippen LogP contribution in [0.2, 0.25) is 0 Å². The Bertz CT molecular complexity index is 642. The van der Waals surface area contributed by atoms with Crippen LogP contribution in [0.25, 0.3) is 0 Å². The highest BCUT2D eigenvalue weighted by Gasteiger charge is 2.25. The van der Waals surface area contributed by atoms with Crippen molar-refractivity contribution >= 4 is 18.1 Å². The second kappa shape index (κ2) is 9.34. The van der Waals surface area contributed by atoms with E-state index in [0.29, 0.717) is 17.0 Å². The highest BCUT2D eigenvalue weighted by molar-refractivity contribution is 6.05. The maximum Gasteiger partial charge on any atom is 0.338 e. The molecular weight excluding hydrogens is 308 g/mol. The molecular formula is C17H24N4O3. The predicted octanol–water partition coefficient (Wildman–Crippen LogP) is 2.27. The number of carboxylic acid groups (broad SMARTS) is 1. The number of rotatable bonds is 7. The molecule has 0 aromatic carbocycles. The van der Waals surface area contributed by atoms with Gasteiger partial charge in [0.25, 0.3) is 0 Å². The first kappa shape index (κ1) is 19.2. The minimum absolute atomic E-state index is 0.107. The van der Waals surface area contributed by atoms with Gasteiger partial charge in [-0.3, -0.25) is 0 Å². The van der Waals surface area contributed by atoms with E-state index in [9.17, 15) is 9.90 Å². The molecule has 0 aromatic heterocycles. The Labute approximate surface area is 142 Å². The normalized spacial score (nSPS) is 17.3. The zero-order valence-corrected chi connectivity index (χ0v) is 14.5. The van der Waals surface area contributed by atoms with Crippen molar-refractivity contribution in [1.82, 2.24) is 10.2 Å². The smallest absolute Gasteiger partial charge is 0.338 e. The van der Waals surface area contributed by atoms with Gasteiger partial charge in [0.15, 0.2) is 0 Å². The number of aliphatic imine (C=N–C) groups is 1. The molecule has 0 unspecified atom stereocenters. The third-order valence-electron chi connectivity index (χ3n) is 3.26. The minimum atomic E-state index is -1.05. The summed E-state index contributed by atoms with van der Waals surface area (Å²) in [5.74, 6) is -0.860. The number of carboxylic acids is 1. The Morgan fingerprint density at radius 3 is 2.75 bits per heavy atom. The molecule has 7 heteroatoms. The Morgan fingerprint density at radius 1 is 1.54 bits per heavy atom. The van der Waals surface area contributed by atoms with Crippen LogP contribution in [-0.2, 0) is 9.53 Å². The molecule has 0 spiro atoms. The Hall–Kier alpha value is -2.83. The Morgan fingerprint density at radius 2 is 2.25 bits per heavy atom. The predicted molar refractivity (Wildman–Crippen MR) is 94.9 cm³/mol. The summed E-state index contributed by atoms with van der Waals surface area (Å²) >= 11 is 0. The molecule has 1 aliphatic heterocycles. The second-order valence-electron chi connectivity index (χ2n) is 5.04. The van der Waals surface area contributed by atoms with Gasteiger partial charge in [0.2, 0.25) is 5.90 Å². The average molecular weight is 332 g/mol. The van der Waals surface area contributed by atoms with Crippen LogP contribution in [0.3, 0.4) is 0 Å². The average Bonchev–Trinajstić information content (AvgIpc) is 2.56. The number of hydrogen-bond donors (Lipinski definition) is 3. The van der Waals surface area contributed by atoms with Crippen molar-refractivity contribution < 1.29 is 14.6 Å². The standard InChI is InChI=1S/C17H24N4O3/c1-5-6-7-8-13(17(22)23)15-16(24-4)20-14(11-21(15)3)12(9-18)10-19-2/h7-11,18-19H,5-6H2,1-4H3,(H,22,23)/b8-7+,12-10+,15-13+,18-9?. The van der Waals surface area contributed by atoms with Crippen LogP contribution in [0.1, 0.15) is 19.8 Å². The summed E-state index contributed by atoms with van der Waals surface area (Å²) in [6, 6.07) is 0. The van der Waals surface area contributed by atoms with Gasteiger partial charge in [-0.05, 0) is 12.5 Å². The van der Waals surface area contributed by atoms with Gasteiger partial charge < -0.3 is 25.5 Å². The van der Waals surface area contributed by atoms with E-state index in [-0.39, 0.29) is 11.5 Å². The molecule has 1 aliphatic rings. The van der Waals surface area contributed by atoms with Crippen molar-refractivity contribution in [3.63, 3.8) is 0 Å². The fourth-order valence-corrected chi connectivity index (χ4v) is 2.14. The van der Waals surface area contributed by atoms with Crippen molar-refractivity contribution in [3.8, 4) is 0 Å². The third-order valence-corrected chi connectivity index (χ3v) is 3.26. The van der Waals surface area contributed by atoms with Gasteiger partial charge in [-0.2, -0.15) is 0 Å². The van der Waals surface area contributed by atoms with E-state index in [1.807, 2.05) is 13.0 Å². The summed E-state index contributed by atoms with van der Waals surface area (Å²) in [5.41, 5.74) is 1.53. The van der Waals surface area contributed by atoms with E-state index in [2.05, 4.69) is 10.3 Å². The molecule has 3 N–H and O–H groups in total. The van der Waals surface area contributed by atoms with Crippen LogP contribution in [0.4, 0.5) is 0 Å². The lowest BCUT2D eigenvalue weighted by Gasteiger charge is -2.26. The summed E-state index contributed by atoms with van der Waals surface area (Å²) in [6.45, 7) is 2.02. The summed E-state index contributed by atoms with van der Waals surface area (Å²) < 4.78 is 5.30. The molecule has 1 heterocycles. The topological polar surface area (TPSA) is 98.0 Å². The number of carbonyl (C=O) groups is 1. The number of likely N-dealkylation sites (N-methyl/N-ethyl adjacent to an activating group) is 1. The summed E-state index contributed by atoms with van der Waals surface area (Å²) in [5, 5.41) is 19.9. The molecule has 7 nitrogen and oxygen atoms in total. The van der Waals surface area contributed by atoms with Gasteiger partial charge in [0, 0.05) is 38.3 Å². The quantitative estimate of drug-likeness (QED) is 0.491. The van der Waals surface area contributed by atoms with E-state index in [1.165, 1.54) is 13.3 Å². The van der Waals surface area contributed by atoms with Gasteiger partial charge in [-0.1, -0.05) is 19.4 Å². The van der Waals surface area contributed by atoms with Gasteiger partial charge in [0.1, 0.15) is 5.70 Å². The molecule has 0 aliphatic carbocycles. The summed E-state index contributed by atoms with van der Waals surface area (Å²) in [4.78, 5) is 17.6. The van der Waals surface area contributed by atoms with Crippen molar-refractivity contribution in [2.45, 2.75) is 19.8 Å². The molecule has 0 aromatic rings. The van der Waals surface area contributed by atoms with Crippen molar-refractivity contribution in [1.29, 1.82) is 5.41 Å². The van der Waals surface area contributed by atoms with Crippen LogP contribution < -0.4 is 5.32 Å². The number of aliphatic carboxylic acids is 1. The molecule has 0 saturated heterocycles. The van der Waals surface area contributed by atoms with Crippen LogP contribution in [0.5, 0.6) is 0 Å². The molecule has 0 fully saturated rings. The van der Waals surface area contributed by atoms with E-state index in [0.717, 1.165) is 12.8 Å². The van der Waals surface area contributed by atoms with E-state index in [1.54, 1.807) is 37.5 Å². The van der Waals surface area contributed by atoms with Crippen molar-refractivity contribution in [2.24, 2.45) is 4.99 Å². The number of hydrogen-bond acceptors (Lipinski definition) is 6. The monoisotopic (exact) mass is 332 g/mol. The van der Waals surface area contributed by atoms with Crippen LogP contribution in [0, 0.1) is 5.41 Å². The van der Waals surface area contributed by atoms with E-state index >= 15 is 0 Å². The molecule has 0 saturated carbocycles. The number of unbranched alkanes of at least 4 members (excludes halogenated alkanes) is 1. The molecule has 130 valence electrons. The zero-order chi connectivity index (χ0) is 18.1. The number of allylic oxidation sites excluding steroid dienone is 2. The molecule has 24 heavy (non-hydrogen) atoms. The summed E-state index contributed by atoms with van der Waals surface area (Å²) in [6.07, 6.45) is 9.59. The molecule has 0 radical (unpaired) electrons. The lowest BCUT2D eigenvalue weighted by molar-refractivity contribution is -0.132. The number of nitrogens with one attached hydrogen (secondary N) is 2. The lowest BCUT2D eigenvalue weighted by atomic mass is 10.1. The van der Waals surface area contributed by atoms with Crippen LogP contribution in [-0.4, -0.2) is 49.3 Å². The number of methoxy groups -OCH3 is 1. The Balaban J connectivity index is 3.42. The van der Waals surface area contributed by atoms with E-state index in [4.69, 9.17) is 10.1 Å². The maximum atomic E-state index is 11.6. The number of nitrogens with zero attached hydrogens (tertiary/aromatic N) is 2. The third kappa shape index (κ3) is 4.58. The maximum absolute atomic E-state index is 11.6. The first-order chi connectivity index (χ1) is 11.5. The van der Waals surface area contributed by atoms with Crippen molar-refractivity contribution in [3.05, 3.63) is 47.1 Å². The number of ether oxygens (including phenoxy) is 1. The highest BCUT2D eigenvalue weighted by atomic mass is 16.5. The minimum Gasteiger partial charge on any atom is -0.479 e. The highest BCUT2D eigenvalue weighted by Crippen LogP contribution is 2.24. The SMILES string of the molecule is CCC/C=C/C(C(=O)O)=C1/C(OC)=NC(/C(C=N)=C/NC)=CN1C.